The lowest BCUT2D eigenvalue weighted by Crippen LogP contribution is -2.07. The average molecular weight is 250 g/mol. The Hall–Kier alpha value is -1.32. The van der Waals surface area contributed by atoms with Crippen LogP contribution in [0.25, 0.3) is 0 Å². The van der Waals surface area contributed by atoms with Gasteiger partial charge in [0, 0.05) is 19.2 Å². The quantitative estimate of drug-likeness (QED) is 0.622. The normalized spacial score (nSPS) is 10.3. The molecule has 0 bridgehead atoms. The summed E-state index contributed by atoms with van der Waals surface area (Å²) in [6.45, 7) is 6.40. The Morgan fingerprint density at radius 1 is 0.833 bits per heavy atom. The van der Waals surface area contributed by atoms with Crippen LogP contribution >= 0.6 is 0 Å². The summed E-state index contributed by atoms with van der Waals surface area (Å²) in [4.78, 5) is 8.44. The summed E-state index contributed by atoms with van der Waals surface area (Å²) in [7, 11) is 0. The fourth-order valence-corrected chi connectivity index (χ4v) is 1.73. The highest BCUT2D eigenvalue weighted by Gasteiger charge is 1.97. The zero-order chi connectivity index (χ0) is 13.1. The number of unbranched alkanes of at least 4 members (excludes halogenated alkanes) is 4. The van der Waals surface area contributed by atoms with Gasteiger partial charge in [0.2, 0.25) is 0 Å². The van der Waals surface area contributed by atoms with Gasteiger partial charge in [-0.2, -0.15) is 0 Å². The van der Waals surface area contributed by atoms with Crippen molar-refractivity contribution in [1.82, 2.24) is 9.97 Å². The lowest BCUT2D eigenvalue weighted by Gasteiger charge is -2.08. The van der Waals surface area contributed by atoms with Gasteiger partial charge < -0.3 is 10.6 Å². The summed E-state index contributed by atoms with van der Waals surface area (Å²) in [5, 5.41) is 6.66. The number of hydrogen-bond donors (Lipinski definition) is 2. The molecule has 0 unspecified atom stereocenters. The van der Waals surface area contributed by atoms with Crippen LogP contribution in [0.3, 0.4) is 0 Å². The van der Waals surface area contributed by atoms with E-state index in [-0.39, 0.29) is 0 Å². The first-order valence-corrected chi connectivity index (χ1v) is 7.16. The van der Waals surface area contributed by atoms with Crippen molar-refractivity contribution < 1.29 is 0 Å². The molecule has 4 heteroatoms. The van der Waals surface area contributed by atoms with Crippen molar-refractivity contribution in [1.29, 1.82) is 0 Å². The SMILES string of the molecule is CCCCCNc1cc(NCCCCC)ncn1. The first-order valence-electron chi connectivity index (χ1n) is 7.16. The number of rotatable bonds is 10. The summed E-state index contributed by atoms with van der Waals surface area (Å²) in [6, 6.07) is 1.98. The van der Waals surface area contributed by atoms with Gasteiger partial charge >= 0.3 is 0 Å². The summed E-state index contributed by atoms with van der Waals surface area (Å²) in [5.41, 5.74) is 0. The molecule has 0 radical (unpaired) electrons. The molecule has 4 nitrogen and oxygen atoms in total. The molecule has 0 amide bonds. The maximum absolute atomic E-state index is 4.22. The van der Waals surface area contributed by atoms with Crippen molar-refractivity contribution >= 4 is 11.6 Å². The molecule has 1 heterocycles. The monoisotopic (exact) mass is 250 g/mol. The highest BCUT2D eigenvalue weighted by molar-refractivity contribution is 5.46. The van der Waals surface area contributed by atoms with Gasteiger partial charge in [0.25, 0.3) is 0 Å². The Morgan fingerprint density at radius 2 is 1.33 bits per heavy atom. The Kier molecular flexibility index (Phi) is 7.93. The van der Waals surface area contributed by atoms with E-state index < -0.39 is 0 Å². The fraction of sp³-hybridized carbons (Fsp3) is 0.714. The van der Waals surface area contributed by atoms with Gasteiger partial charge in [0.1, 0.15) is 18.0 Å². The second-order valence-electron chi connectivity index (χ2n) is 4.56. The van der Waals surface area contributed by atoms with E-state index in [1.807, 2.05) is 6.07 Å². The van der Waals surface area contributed by atoms with E-state index in [0.29, 0.717) is 0 Å². The molecule has 0 aliphatic rings. The van der Waals surface area contributed by atoms with Gasteiger partial charge in [-0.1, -0.05) is 39.5 Å². The van der Waals surface area contributed by atoms with Gasteiger partial charge in [-0.25, -0.2) is 9.97 Å². The fourth-order valence-electron chi connectivity index (χ4n) is 1.73. The number of hydrogen-bond acceptors (Lipinski definition) is 4. The number of anilines is 2. The molecule has 1 aromatic rings. The molecule has 0 fully saturated rings. The van der Waals surface area contributed by atoms with Crippen molar-refractivity contribution in [3.8, 4) is 0 Å². The van der Waals surface area contributed by atoms with Gasteiger partial charge in [0.15, 0.2) is 0 Å². The van der Waals surface area contributed by atoms with Gasteiger partial charge in [-0.15, -0.1) is 0 Å². The maximum atomic E-state index is 4.22. The summed E-state index contributed by atoms with van der Waals surface area (Å²) in [5.74, 6) is 1.83. The molecule has 0 spiro atoms. The van der Waals surface area contributed by atoms with Crippen LogP contribution < -0.4 is 10.6 Å². The van der Waals surface area contributed by atoms with Crippen molar-refractivity contribution in [3.63, 3.8) is 0 Å². The first-order chi connectivity index (χ1) is 8.86. The molecule has 0 saturated heterocycles. The lowest BCUT2D eigenvalue weighted by atomic mass is 10.2. The van der Waals surface area contributed by atoms with Crippen LogP contribution in [-0.2, 0) is 0 Å². The summed E-state index contributed by atoms with van der Waals surface area (Å²) < 4.78 is 0. The molecule has 18 heavy (non-hydrogen) atoms. The third-order valence-electron chi connectivity index (χ3n) is 2.84. The minimum absolute atomic E-state index is 0.916. The van der Waals surface area contributed by atoms with E-state index >= 15 is 0 Å². The van der Waals surface area contributed by atoms with Crippen molar-refractivity contribution in [2.24, 2.45) is 0 Å². The summed E-state index contributed by atoms with van der Waals surface area (Å²) in [6.07, 6.45) is 9.02. The lowest BCUT2D eigenvalue weighted by molar-refractivity contribution is 0.740. The molecular weight excluding hydrogens is 224 g/mol. The zero-order valence-electron chi connectivity index (χ0n) is 11.7. The topological polar surface area (TPSA) is 49.8 Å². The van der Waals surface area contributed by atoms with Crippen LogP contribution in [0.2, 0.25) is 0 Å². The van der Waals surface area contributed by atoms with Crippen molar-refractivity contribution in [2.45, 2.75) is 52.4 Å². The minimum Gasteiger partial charge on any atom is -0.370 e. The van der Waals surface area contributed by atoms with Crippen molar-refractivity contribution in [3.05, 3.63) is 12.4 Å². The number of nitrogens with one attached hydrogen (secondary N) is 2. The minimum atomic E-state index is 0.916. The Labute approximate surface area is 111 Å². The third kappa shape index (κ3) is 6.42. The Morgan fingerprint density at radius 3 is 1.78 bits per heavy atom. The third-order valence-corrected chi connectivity index (χ3v) is 2.84. The van der Waals surface area contributed by atoms with E-state index in [1.165, 1.54) is 38.5 Å². The standard InChI is InChI=1S/C14H26N4/c1-3-5-7-9-15-13-11-14(18-12-17-13)16-10-8-6-4-2/h11-12H,3-10H2,1-2H3,(H2,15,16,17,18). The molecule has 0 aliphatic heterocycles. The van der Waals surface area contributed by atoms with Crippen molar-refractivity contribution in [2.75, 3.05) is 23.7 Å². The Balaban J connectivity index is 2.27. The van der Waals surface area contributed by atoms with Crippen LogP contribution in [0.1, 0.15) is 52.4 Å². The van der Waals surface area contributed by atoms with Crippen LogP contribution in [-0.4, -0.2) is 23.1 Å². The van der Waals surface area contributed by atoms with Crippen LogP contribution in [0.5, 0.6) is 0 Å². The smallest absolute Gasteiger partial charge is 0.131 e. The van der Waals surface area contributed by atoms with E-state index in [2.05, 4.69) is 34.4 Å². The number of nitrogens with zero attached hydrogens (tertiary/aromatic N) is 2. The predicted molar refractivity (Wildman–Crippen MR) is 78.1 cm³/mol. The molecule has 102 valence electrons. The highest BCUT2D eigenvalue weighted by atomic mass is 15.1. The second kappa shape index (κ2) is 9.68. The average Bonchev–Trinajstić information content (AvgIpc) is 2.40. The molecule has 0 aromatic carbocycles. The van der Waals surface area contributed by atoms with Gasteiger partial charge in [-0.05, 0) is 12.8 Å². The van der Waals surface area contributed by atoms with Gasteiger partial charge in [0.05, 0.1) is 0 Å². The zero-order valence-corrected chi connectivity index (χ0v) is 11.7. The van der Waals surface area contributed by atoms with E-state index in [0.717, 1.165) is 24.7 Å². The van der Waals surface area contributed by atoms with Crippen LogP contribution in [0, 0.1) is 0 Å². The highest BCUT2D eigenvalue weighted by Crippen LogP contribution is 2.09. The van der Waals surface area contributed by atoms with E-state index in [4.69, 9.17) is 0 Å². The number of aromatic nitrogens is 2. The second-order valence-corrected chi connectivity index (χ2v) is 4.56. The molecule has 2 N–H and O–H groups in total. The maximum Gasteiger partial charge on any atom is 0.131 e. The molecule has 0 atom stereocenters. The molecular formula is C14H26N4. The molecule has 0 aliphatic carbocycles. The first kappa shape index (κ1) is 14.7. The van der Waals surface area contributed by atoms with Crippen LogP contribution in [0.4, 0.5) is 11.6 Å². The largest absolute Gasteiger partial charge is 0.370 e. The molecule has 1 rings (SSSR count). The predicted octanol–water partition coefficient (Wildman–Crippen LogP) is 3.68. The van der Waals surface area contributed by atoms with E-state index in [1.54, 1.807) is 6.33 Å². The van der Waals surface area contributed by atoms with Crippen LogP contribution in [0.15, 0.2) is 12.4 Å². The molecule has 1 aromatic heterocycles. The van der Waals surface area contributed by atoms with Gasteiger partial charge in [-0.3, -0.25) is 0 Å². The molecule has 0 saturated carbocycles. The Bertz CT molecular complexity index is 287. The van der Waals surface area contributed by atoms with E-state index in [9.17, 15) is 0 Å². The summed E-state index contributed by atoms with van der Waals surface area (Å²) >= 11 is 0.